The van der Waals surface area contributed by atoms with Crippen LogP contribution in [-0.2, 0) is 0 Å². The molecule has 0 aromatic rings. The molecule has 102 valence electrons. The molecule has 1 heterocycles. The Morgan fingerprint density at radius 1 is 1.18 bits per heavy atom. The molecular weight excluding hydrogens is 212 g/mol. The van der Waals surface area contributed by atoms with Crippen LogP contribution in [-0.4, -0.2) is 48.3 Å². The molecule has 3 heteroatoms. The van der Waals surface area contributed by atoms with Crippen molar-refractivity contribution >= 4 is 0 Å². The molecule has 0 amide bonds. The first kappa shape index (κ1) is 14.9. The third-order valence-electron chi connectivity index (χ3n) is 4.26. The molecule has 2 N–H and O–H groups in total. The number of piperidine rings is 1. The van der Waals surface area contributed by atoms with Gasteiger partial charge in [-0.05, 0) is 51.2 Å². The molecule has 0 spiro atoms. The Bertz CT molecular complexity index is 198. The lowest BCUT2D eigenvalue weighted by Gasteiger charge is -2.35. The fourth-order valence-corrected chi connectivity index (χ4v) is 2.62. The van der Waals surface area contributed by atoms with Crippen LogP contribution in [0.5, 0.6) is 0 Å². The van der Waals surface area contributed by atoms with Crippen molar-refractivity contribution in [3.63, 3.8) is 0 Å². The van der Waals surface area contributed by atoms with E-state index in [2.05, 4.69) is 31.0 Å². The average molecular weight is 242 g/mol. The van der Waals surface area contributed by atoms with E-state index in [-0.39, 0.29) is 0 Å². The van der Waals surface area contributed by atoms with Gasteiger partial charge in [0.15, 0.2) is 0 Å². The highest BCUT2D eigenvalue weighted by Gasteiger charge is 2.26. The summed E-state index contributed by atoms with van der Waals surface area (Å²) in [4.78, 5) is 2.43. The normalized spacial score (nSPS) is 18.9. The molecule has 1 aliphatic rings. The lowest BCUT2D eigenvalue weighted by atomic mass is 9.94. The van der Waals surface area contributed by atoms with E-state index in [0.717, 1.165) is 51.5 Å². The predicted octanol–water partition coefficient (Wildman–Crippen LogP) is 1.86. The van der Waals surface area contributed by atoms with Gasteiger partial charge in [-0.15, -0.1) is 0 Å². The predicted molar refractivity (Wildman–Crippen MR) is 73.2 cm³/mol. The summed E-state index contributed by atoms with van der Waals surface area (Å²) in [6, 6.07) is 0. The van der Waals surface area contributed by atoms with E-state index in [1.807, 2.05) is 0 Å². The lowest BCUT2D eigenvalue weighted by Crippen LogP contribution is -2.45. The maximum absolute atomic E-state index is 10.4. The smallest absolute Gasteiger partial charge is 0.0768 e. The molecule has 0 aliphatic carbocycles. The summed E-state index contributed by atoms with van der Waals surface area (Å²) in [6.45, 7) is 11.7. The Kier molecular flexibility index (Phi) is 6.45. The zero-order chi connectivity index (χ0) is 12.7. The first-order valence-corrected chi connectivity index (χ1v) is 7.29. The maximum atomic E-state index is 10.4. The van der Waals surface area contributed by atoms with Crippen molar-refractivity contribution in [1.82, 2.24) is 10.2 Å². The van der Waals surface area contributed by atoms with Gasteiger partial charge in [-0.1, -0.05) is 20.8 Å². The minimum atomic E-state index is -0.483. The molecule has 1 aliphatic heterocycles. The molecular formula is C14H30N2O. The second kappa shape index (κ2) is 7.34. The van der Waals surface area contributed by atoms with Crippen LogP contribution in [0.15, 0.2) is 0 Å². The molecule has 0 aromatic carbocycles. The van der Waals surface area contributed by atoms with Crippen LogP contribution >= 0.6 is 0 Å². The molecule has 1 rings (SSSR count). The van der Waals surface area contributed by atoms with Crippen molar-refractivity contribution in [2.75, 3.05) is 32.7 Å². The average Bonchev–Trinajstić information content (AvgIpc) is 2.39. The molecule has 0 radical (unpaired) electrons. The first-order valence-electron chi connectivity index (χ1n) is 7.29. The fourth-order valence-electron chi connectivity index (χ4n) is 2.62. The maximum Gasteiger partial charge on any atom is 0.0768 e. The summed E-state index contributed by atoms with van der Waals surface area (Å²) in [5, 5.41) is 13.8. The third-order valence-corrected chi connectivity index (χ3v) is 4.26. The zero-order valence-corrected chi connectivity index (χ0v) is 11.8. The van der Waals surface area contributed by atoms with Crippen molar-refractivity contribution in [2.45, 2.75) is 52.1 Å². The molecule has 0 unspecified atom stereocenters. The summed E-state index contributed by atoms with van der Waals surface area (Å²) in [7, 11) is 0. The van der Waals surface area contributed by atoms with E-state index in [4.69, 9.17) is 0 Å². The molecule has 0 bridgehead atoms. The summed E-state index contributed by atoms with van der Waals surface area (Å²) in [6.07, 6.45) is 4.28. The number of nitrogens with one attached hydrogen (secondary N) is 1. The zero-order valence-electron chi connectivity index (χ0n) is 11.8. The summed E-state index contributed by atoms with van der Waals surface area (Å²) >= 11 is 0. The van der Waals surface area contributed by atoms with Gasteiger partial charge in [0.25, 0.3) is 0 Å². The van der Waals surface area contributed by atoms with Gasteiger partial charge in [-0.3, -0.25) is 0 Å². The van der Waals surface area contributed by atoms with Crippen molar-refractivity contribution in [2.24, 2.45) is 5.92 Å². The monoisotopic (exact) mass is 242 g/mol. The number of aliphatic hydroxyl groups is 1. The van der Waals surface area contributed by atoms with E-state index in [1.54, 1.807) is 0 Å². The van der Waals surface area contributed by atoms with Crippen molar-refractivity contribution < 1.29 is 5.11 Å². The van der Waals surface area contributed by atoms with Crippen LogP contribution in [0.3, 0.4) is 0 Å². The molecule has 1 fully saturated rings. The highest BCUT2D eigenvalue weighted by molar-refractivity contribution is 4.81. The first-order chi connectivity index (χ1) is 8.13. The van der Waals surface area contributed by atoms with Gasteiger partial charge in [-0.25, -0.2) is 0 Å². The summed E-state index contributed by atoms with van der Waals surface area (Å²) < 4.78 is 0. The van der Waals surface area contributed by atoms with Crippen LogP contribution in [0.1, 0.15) is 46.5 Å². The highest BCUT2D eigenvalue weighted by atomic mass is 16.3. The molecule has 0 atom stereocenters. The van der Waals surface area contributed by atoms with Crippen LogP contribution in [0.4, 0.5) is 0 Å². The number of likely N-dealkylation sites (N-methyl/N-ethyl adjacent to an activating group) is 1. The third kappa shape index (κ3) is 4.94. The van der Waals surface area contributed by atoms with Crippen molar-refractivity contribution in [3.8, 4) is 0 Å². The number of hydrogen-bond donors (Lipinski definition) is 2. The van der Waals surface area contributed by atoms with E-state index in [1.165, 1.54) is 12.8 Å². The van der Waals surface area contributed by atoms with Crippen LogP contribution in [0.2, 0.25) is 0 Å². The molecule has 0 saturated carbocycles. The van der Waals surface area contributed by atoms with Crippen molar-refractivity contribution in [3.05, 3.63) is 0 Å². The Balaban J connectivity index is 2.41. The highest BCUT2D eigenvalue weighted by Crippen LogP contribution is 2.19. The van der Waals surface area contributed by atoms with Gasteiger partial charge in [-0.2, -0.15) is 0 Å². The van der Waals surface area contributed by atoms with Gasteiger partial charge in [0.2, 0.25) is 0 Å². The van der Waals surface area contributed by atoms with Gasteiger partial charge in [0.1, 0.15) is 0 Å². The van der Waals surface area contributed by atoms with Crippen LogP contribution < -0.4 is 5.32 Å². The number of rotatable bonds is 7. The Morgan fingerprint density at radius 3 is 2.24 bits per heavy atom. The SMILES string of the molecule is CCN(CC1CCNCC1)CC(O)(CC)CC. The largest absolute Gasteiger partial charge is 0.389 e. The summed E-state index contributed by atoms with van der Waals surface area (Å²) in [5.41, 5.74) is -0.483. The van der Waals surface area contributed by atoms with E-state index in [9.17, 15) is 5.11 Å². The fraction of sp³-hybridized carbons (Fsp3) is 1.00. The van der Waals surface area contributed by atoms with Gasteiger partial charge in [0.05, 0.1) is 5.60 Å². The topological polar surface area (TPSA) is 35.5 Å². The quantitative estimate of drug-likeness (QED) is 0.715. The van der Waals surface area contributed by atoms with E-state index >= 15 is 0 Å². The molecule has 3 nitrogen and oxygen atoms in total. The van der Waals surface area contributed by atoms with Gasteiger partial charge < -0.3 is 15.3 Å². The Labute approximate surface area is 107 Å². The minimum Gasteiger partial charge on any atom is -0.389 e. The second-order valence-electron chi connectivity index (χ2n) is 5.45. The number of hydrogen-bond acceptors (Lipinski definition) is 3. The van der Waals surface area contributed by atoms with E-state index in [0.29, 0.717) is 0 Å². The molecule has 17 heavy (non-hydrogen) atoms. The van der Waals surface area contributed by atoms with Crippen LogP contribution in [0.25, 0.3) is 0 Å². The van der Waals surface area contributed by atoms with Crippen molar-refractivity contribution in [1.29, 1.82) is 0 Å². The number of nitrogens with zero attached hydrogens (tertiary/aromatic N) is 1. The second-order valence-corrected chi connectivity index (χ2v) is 5.45. The minimum absolute atomic E-state index is 0.483. The molecule has 1 saturated heterocycles. The van der Waals surface area contributed by atoms with E-state index < -0.39 is 5.60 Å². The lowest BCUT2D eigenvalue weighted by molar-refractivity contribution is -0.00670. The Hall–Kier alpha value is -0.120. The van der Waals surface area contributed by atoms with Gasteiger partial charge >= 0.3 is 0 Å². The summed E-state index contributed by atoms with van der Waals surface area (Å²) in [5.74, 6) is 0.814. The van der Waals surface area contributed by atoms with Crippen LogP contribution in [0, 0.1) is 5.92 Å². The molecule has 0 aromatic heterocycles. The standard InChI is InChI=1S/C14H30N2O/c1-4-14(17,5-2)12-16(6-3)11-13-7-9-15-10-8-13/h13,15,17H,4-12H2,1-3H3. The van der Waals surface area contributed by atoms with Gasteiger partial charge in [0, 0.05) is 13.1 Å². The Morgan fingerprint density at radius 2 is 1.76 bits per heavy atom.